The van der Waals surface area contributed by atoms with Crippen LogP contribution in [-0.4, -0.2) is 47.0 Å². The van der Waals surface area contributed by atoms with Crippen molar-refractivity contribution in [1.29, 1.82) is 0 Å². The van der Waals surface area contributed by atoms with E-state index in [4.69, 9.17) is 9.47 Å². The number of halogens is 1. The second-order valence-electron chi connectivity index (χ2n) is 6.63. The van der Waals surface area contributed by atoms with Crippen molar-refractivity contribution in [1.82, 2.24) is 25.4 Å². The van der Waals surface area contributed by atoms with Gasteiger partial charge in [0.05, 0.1) is 13.7 Å². The number of methoxy groups -OCH3 is 1. The summed E-state index contributed by atoms with van der Waals surface area (Å²) in [5.74, 6) is 3.89. The van der Waals surface area contributed by atoms with E-state index >= 15 is 0 Å². The van der Waals surface area contributed by atoms with Crippen LogP contribution < -0.4 is 20.1 Å². The fraction of sp³-hybridized carbons (Fsp3) is 0.550. The number of aliphatic imine (C=N–C) groups is 1. The molecule has 2 rings (SSSR count). The van der Waals surface area contributed by atoms with Crippen LogP contribution in [-0.2, 0) is 13.6 Å². The number of rotatable bonds is 10. The van der Waals surface area contributed by atoms with Crippen LogP contribution in [0.3, 0.4) is 0 Å². The van der Waals surface area contributed by atoms with Gasteiger partial charge in [0, 0.05) is 13.6 Å². The molecule has 0 bridgehead atoms. The smallest absolute Gasteiger partial charge is 0.191 e. The molecule has 1 aromatic heterocycles. The Morgan fingerprint density at radius 1 is 1.21 bits per heavy atom. The number of benzene rings is 1. The summed E-state index contributed by atoms with van der Waals surface area (Å²) in [5.41, 5.74) is 0. The van der Waals surface area contributed by atoms with E-state index in [1.807, 2.05) is 49.7 Å². The van der Waals surface area contributed by atoms with Crippen LogP contribution in [0.25, 0.3) is 0 Å². The summed E-state index contributed by atoms with van der Waals surface area (Å²) in [5, 5.41) is 15.0. The number of hydrogen-bond donors (Lipinski definition) is 2. The van der Waals surface area contributed by atoms with Gasteiger partial charge in [0.1, 0.15) is 18.5 Å². The van der Waals surface area contributed by atoms with Crippen LogP contribution in [0.5, 0.6) is 11.5 Å². The number of nitrogens with zero attached hydrogens (tertiary/aromatic N) is 4. The van der Waals surface area contributed by atoms with Gasteiger partial charge in [-0.3, -0.25) is 0 Å². The van der Waals surface area contributed by atoms with Gasteiger partial charge in [-0.25, -0.2) is 4.99 Å². The van der Waals surface area contributed by atoms with E-state index in [0.717, 1.165) is 48.5 Å². The van der Waals surface area contributed by atoms with E-state index in [1.165, 1.54) is 0 Å². The predicted octanol–water partition coefficient (Wildman–Crippen LogP) is 3.05. The molecule has 0 aliphatic heterocycles. The Kier molecular flexibility index (Phi) is 11.4. The third kappa shape index (κ3) is 8.08. The molecule has 162 valence electrons. The molecule has 1 unspecified atom stereocenters. The van der Waals surface area contributed by atoms with Gasteiger partial charge in [0.2, 0.25) is 0 Å². The molecule has 0 saturated heterocycles. The Morgan fingerprint density at radius 3 is 2.55 bits per heavy atom. The van der Waals surface area contributed by atoms with Crippen molar-refractivity contribution in [2.24, 2.45) is 12.0 Å². The highest BCUT2D eigenvalue weighted by molar-refractivity contribution is 14.0. The van der Waals surface area contributed by atoms with Gasteiger partial charge in [0.25, 0.3) is 0 Å². The zero-order valence-corrected chi connectivity index (χ0v) is 20.3. The average molecular weight is 516 g/mol. The molecule has 0 fully saturated rings. The Morgan fingerprint density at radius 2 is 1.93 bits per heavy atom. The van der Waals surface area contributed by atoms with Gasteiger partial charge in [-0.2, -0.15) is 0 Å². The second kappa shape index (κ2) is 13.2. The van der Waals surface area contributed by atoms with Crippen molar-refractivity contribution in [2.75, 3.05) is 20.2 Å². The first-order chi connectivity index (χ1) is 13.5. The molecule has 1 heterocycles. The van der Waals surface area contributed by atoms with Crippen LogP contribution >= 0.6 is 24.0 Å². The van der Waals surface area contributed by atoms with Crippen LogP contribution in [0.4, 0.5) is 0 Å². The fourth-order valence-electron chi connectivity index (χ4n) is 2.51. The monoisotopic (exact) mass is 516 g/mol. The number of aryl methyl sites for hydroxylation is 1. The Labute approximate surface area is 190 Å². The SMILES string of the molecule is CCCCNC(=NCc1nnc(C)n1C)NCC(C)Oc1ccccc1OC.I. The summed E-state index contributed by atoms with van der Waals surface area (Å²) in [4.78, 5) is 4.64. The Balaban J connectivity index is 0.00000420. The van der Waals surface area contributed by atoms with Crippen LogP contribution in [0.1, 0.15) is 38.3 Å². The van der Waals surface area contributed by atoms with Crippen molar-refractivity contribution < 1.29 is 9.47 Å². The zero-order chi connectivity index (χ0) is 20.4. The maximum atomic E-state index is 6.00. The number of hydrogen-bond acceptors (Lipinski definition) is 5. The molecular formula is C20H33IN6O2. The van der Waals surface area contributed by atoms with E-state index in [2.05, 4.69) is 32.7 Å². The van der Waals surface area contributed by atoms with Crippen LogP contribution in [0.2, 0.25) is 0 Å². The van der Waals surface area contributed by atoms with Gasteiger partial charge in [0.15, 0.2) is 23.3 Å². The van der Waals surface area contributed by atoms with Crippen LogP contribution in [0, 0.1) is 6.92 Å². The number of aromatic nitrogens is 3. The van der Waals surface area contributed by atoms with E-state index in [1.54, 1.807) is 7.11 Å². The lowest BCUT2D eigenvalue weighted by Gasteiger charge is -2.19. The average Bonchev–Trinajstić information content (AvgIpc) is 3.02. The third-order valence-electron chi connectivity index (χ3n) is 4.34. The Bertz CT molecular complexity index is 765. The molecule has 1 aromatic carbocycles. The summed E-state index contributed by atoms with van der Waals surface area (Å²) >= 11 is 0. The standard InChI is InChI=1S/C20H32N6O2.HI/c1-6-7-12-21-20(23-14-19-25-24-16(3)26(19)4)22-13-15(2)28-18-11-9-8-10-17(18)27-5;/h8-11,15H,6-7,12-14H2,1-5H3,(H2,21,22,23);1H. The van der Waals surface area contributed by atoms with Crippen molar-refractivity contribution in [3.63, 3.8) is 0 Å². The summed E-state index contributed by atoms with van der Waals surface area (Å²) in [6, 6.07) is 7.64. The van der Waals surface area contributed by atoms with Crippen molar-refractivity contribution >= 4 is 29.9 Å². The number of unbranched alkanes of at least 4 members (excludes halogenated alkanes) is 1. The van der Waals surface area contributed by atoms with Gasteiger partial charge < -0.3 is 24.7 Å². The third-order valence-corrected chi connectivity index (χ3v) is 4.34. The highest BCUT2D eigenvalue weighted by atomic mass is 127. The molecule has 1 atom stereocenters. The molecule has 0 saturated carbocycles. The van der Waals surface area contributed by atoms with E-state index in [-0.39, 0.29) is 30.1 Å². The molecule has 8 nitrogen and oxygen atoms in total. The maximum Gasteiger partial charge on any atom is 0.191 e. The summed E-state index contributed by atoms with van der Waals surface area (Å²) in [6.45, 7) is 8.03. The predicted molar refractivity (Wildman–Crippen MR) is 126 cm³/mol. The highest BCUT2D eigenvalue weighted by Gasteiger charge is 2.10. The highest BCUT2D eigenvalue weighted by Crippen LogP contribution is 2.26. The van der Waals surface area contributed by atoms with E-state index in [9.17, 15) is 0 Å². The van der Waals surface area contributed by atoms with E-state index in [0.29, 0.717) is 13.1 Å². The van der Waals surface area contributed by atoms with Gasteiger partial charge in [-0.15, -0.1) is 34.2 Å². The van der Waals surface area contributed by atoms with Crippen molar-refractivity contribution in [2.45, 2.75) is 46.3 Å². The molecule has 2 aromatic rings. The largest absolute Gasteiger partial charge is 0.493 e. The second-order valence-corrected chi connectivity index (χ2v) is 6.63. The van der Waals surface area contributed by atoms with Crippen LogP contribution in [0.15, 0.2) is 29.3 Å². The quantitative estimate of drug-likeness (QED) is 0.219. The molecule has 0 spiro atoms. The Hall–Kier alpha value is -2.04. The molecule has 0 amide bonds. The lowest BCUT2D eigenvalue weighted by Crippen LogP contribution is -2.42. The van der Waals surface area contributed by atoms with Gasteiger partial charge >= 0.3 is 0 Å². The molecule has 9 heteroatoms. The number of para-hydroxylation sites is 2. The summed E-state index contributed by atoms with van der Waals surface area (Å²) in [6.07, 6.45) is 2.14. The van der Waals surface area contributed by atoms with Crippen molar-refractivity contribution in [3.05, 3.63) is 35.9 Å². The zero-order valence-electron chi connectivity index (χ0n) is 17.9. The lowest BCUT2D eigenvalue weighted by molar-refractivity contribution is 0.213. The number of nitrogens with one attached hydrogen (secondary N) is 2. The molecular weight excluding hydrogens is 483 g/mol. The normalized spacial score (nSPS) is 12.1. The summed E-state index contributed by atoms with van der Waals surface area (Å²) in [7, 11) is 3.59. The van der Waals surface area contributed by atoms with Crippen molar-refractivity contribution in [3.8, 4) is 11.5 Å². The molecule has 2 N–H and O–H groups in total. The fourth-order valence-corrected chi connectivity index (χ4v) is 2.51. The molecule has 29 heavy (non-hydrogen) atoms. The lowest BCUT2D eigenvalue weighted by atomic mass is 10.3. The first-order valence-electron chi connectivity index (χ1n) is 9.71. The topological polar surface area (TPSA) is 85.6 Å². The molecule has 0 aliphatic carbocycles. The minimum atomic E-state index is -0.0634. The number of guanidine groups is 1. The number of ether oxygens (including phenoxy) is 2. The van der Waals surface area contributed by atoms with Gasteiger partial charge in [-0.1, -0.05) is 25.5 Å². The summed E-state index contributed by atoms with van der Waals surface area (Å²) < 4.78 is 13.3. The van der Waals surface area contributed by atoms with E-state index < -0.39 is 0 Å². The minimum Gasteiger partial charge on any atom is -0.493 e. The molecule has 0 radical (unpaired) electrons. The maximum absolute atomic E-state index is 6.00. The minimum absolute atomic E-state index is 0. The van der Waals surface area contributed by atoms with Gasteiger partial charge in [-0.05, 0) is 32.4 Å². The molecule has 0 aliphatic rings. The first-order valence-corrected chi connectivity index (χ1v) is 9.71. The first kappa shape index (κ1) is 25.0.